The number of hydrazine groups is 1. The quantitative estimate of drug-likeness (QED) is 0.660. The van der Waals surface area contributed by atoms with Gasteiger partial charge in [-0.25, -0.2) is 4.79 Å². The van der Waals surface area contributed by atoms with Gasteiger partial charge in [0.2, 0.25) is 0 Å². The minimum atomic E-state index is -1.23. The molecule has 0 saturated heterocycles. The van der Waals surface area contributed by atoms with Gasteiger partial charge in [0.1, 0.15) is 5.75 Å². The van der Waals surface area contributed by atoms with Crippen LogP contribution in [0.25, 0.3) is 0 Å². The molecule has 3 N–H and O–H groups in total. The van der Waals surface area contributed by atoms with Gasteiger partial charge in [0.25, 0.3) is 11.8 Å². The van der Waals surface area contributed by atoms with Crippen molar-refractivity contribution in [1.82, 2.24) is 10.9 Å². The van der Waals surface area contributed by atoms with Crippen molar-refractivity contribution < 1.29 is 24.2 Å². The van der Waals surface area contributed by atoms with Crippen LogP contribution < -0.4 is 15.6 Å². The molecule has 8 heteroatoms. The number of nitrogens with one attached hydrogen (secondary N) is 2. The molecule has 7 nitrogen and oxygen atoms in total. The molecule has 0 aliphatic rings. The lowest BCUT2D eigenvalue weighted by Gasteiger charge is -2.11. The van der Waals surface area contributed by atoms with Crippen LogP contribution in [0.2, 0.25) is 0 Å². The van der Waals surface area contributed by atoms with E-state index in [1.54, 1.807) is 6.07 Å². The zero-order valence-corrected chi connectivity index (χ0v) is 14.8. The molecule has 0 aromatic heterocycles. The fourth-order valence-electron chi connectivity index (χ4n) is 1.96. The van der Waals surface area contributed by atoms with E-state index in [1.165, 1.54) is 24.3 Å². The summed E-state index contributed by atoms with van der Waals surface area (Å²) >= 11 is 3.33. The number of carboxylic acid groups (broad SMARTS) is 1. The third kappa shape index (κ3) is 5.05. The number of hydrogen-bond acceptors (Lipinski definition) is 4. The number of carbonyl (C=O) groups is 3. The average molecular weight is 407 g/mol. The van der Waals surface area contributed by atoms with Crippen LogP contribution in [-0.4, -0.2) is 29.5 Å². The molecule has 25 heavy (non-hydrogen) atoms. The first-order chi connectivity index (χ1) is 11.9. The molecule has 0 atom stereocenters. The number of aromatic carboxylic acids is 1. The van der Waals surface area contributed by atoms with Gasteiger partial charge in [-0.3, -0.25) is 20.4 Å². The van der Waals surface area contributed by atoms with Crippen molar-refractivity contribution in [2.45, 2.75) is 6.92 Å². The van der Waals surface area contributed by atoms with E-state index in [2.05, 4.69) is 26.8 Å². The highest BCUT2D eigenvalue weighted by molar-refractivity contribution is 9.10. The Morgan fingerprint density at radius 1 is 1.08 bits per heavy atom. The van der Waals surface area contributed by atoms with Crippen molar-refractivity contribution in [3.63, 3.8) is 0 Å². The third-order valence-electron chi connectivity index (χ3n) is 3.16. The molecule has 0 spiro atoms. The van der Waals surface area contributed by atoms with Gasteiger partial charge in [0.05, 0.1) is 15.6 Å². The monoisotopic (exact) mass is 406 g/mol. The molecule has 0 aliphatic heterocycles. The van der Waals surface area contributed by atoms with E-state index < -0.39 is 17.8 Å². The lowest BCUT2D eigenvalue weighted by molar-refractivity contribution is -0.123. The Balaban J connectivity index is 1.90. The van der Waals surface area contributed by atoms with E-state index in [1.807, 2.05) is 19.1 Å². The average Bonchev–Trinajstić information content (AvgIpc) is 2.58. The molecule has 2 aromatic carbocycles. The smallest absolute Gasteiger partial charge is 0.336 e. The van der Waals surface area contributed by atoms with Gasteiger partial charge in [-0.05, 0) is 52.7 Å². The van der Waals surface area contributed by atoms with Gasteiger partial charge in [-0.15, -0.1) is 0 Å². The highest BCUT2D eigenvalue weighted by Gasteiger charge is 2.16. The fourth-order valence-corrected chi connectivity index (χ4v) is 2.57. The summed E-state index contributed by atoms with van der Waals surface area (Å²) in [5.41, 5.74) is 5.16. The molecule has 2 aromatic rings. The predicted molar refractivity (Wildman–Crippen MR) is 93.4 cm³/mol. The second-order valence-corrected chi connectivity index (χ2v) is 5.93. The highest BCUT2D eigenvalue weighted by atomic mass is 79.9. The number of carbonyl (C=O) groups excluding carboxylic acids is 2. The first-order valence-electron chi connectivity index (χ1n) is 7.19. The summed E-state index contributed by atoms with van der Waals surface area (Å²) in [7, 11) is 0. The summed E-state index contributed by atoms with van der Waals surface area (Å²) in [4.78, 5) is 34.9. The van der Waals surface area contributed by atoms with E-state index in [4.69, 9.17) is 9.84 Å². The zero-order valence-electron chi connectivity index (χ0n) is 13.2. The number of benzene rings is 2. The largest absolute Gasteiger partial charge is 0.483 e. The molecule has 2 rings (SSSR count). The van der Waals surface area contributed by atoms with Gasteiger partial charge in [0, 0.05) is 0 Å². The van der Waals surface area contributed by atoms with Gasteiger partial charge in [-0.1, -0.05) is 18.2 Å². The number of ether oxygens (including phenoxy) is 1. The van der Waals surface area contributed by atoms with Crippen LogP contribution in [-0.2, 0) is 4.79 Å². The molecule has 2 amide bonds. The number of hydrogen-bond donors (Lipinski definition) is 3. The fraction of sp³-hybridized carbons (Fsp3) is 0.118. The standard InChI is InChI=1S/C17H15BrN2O5/c1-10-6-7-14(13(18)8-10)25-9-15(21)19-20-16(22)11-4-2-3-5-12(11)17(23)24/h2-8H,9H2,1H3,(H,19,21)(H,20,22)(H,23,24). The summed E-state index contributed by atoms with van der Waals surface area (Å²) in [6.45, 7) is 1.61. The molecule has 0 unspecified atom stereocenters. The van der Waals surface area contributed by atoms with Crippen LogP contribution >= 0.6 is 15.9 Å². The molecule has 130 valence electrons. The summed E-state index contributed by atoms with van der Waals surface area (Å²) in [5.74, 6) is -2.07. The Labute approximate surface area is 152 Å². The SMILES string of the molecule is Cc1ccc(OCC(=O)NNC(=O)c2ccccc2C(=O)O)c(Br)c1. The number of halogens is 1. The van der Waals surface area contributed by atoms with Crippen LogP contribution in [0, 0.1) is 6.92 Å². The Hall–Kier alpha value is -2.87. The lowest BCUT2D eigenvalue weighted by Crippen LogP contribution is -2.44. The van der Waals surface area contributed by atoms with E-state index in [0.29, 0.717) is 10.2 Å². The normalized spacial score (nSPS) is 10.0. The summed E-state index contributed by atoms with van der Waals surface area (Å²) in [6.07, 6.45) is 0. The number of amides is 2. The van der Waals surface area contributed by atoms with E-state index in [0.717, 1.165) is 5.56 Å². The molecule has 0 heterocycles. The van der Waals surface area contributed by atoms with Gasteiger partial charge >= 0.3 is 5.97 Å². The molecular formula is C17H15BrN2O5. The van der Waals surface area contributed by atoms with E-state index >= 15 is 0 Å². The van der Waals surface area contributed by atoms with Crippen molar-refractivity contribution in [2.75, 3.05) is 6.61 Å². The maximum absolute atomic E-state index is 12.0. The maximum Gasteiger partial charge on any atom is 0.336 e. The lowest BCUT2D eigenvalue weighted by atomic mass is 10.1. The molecule has 0 fully saturated rings. The molecule has 0 aliphatic carbocycles. The van der Waals surface area contributed by atoms with Crippen LogP contribution in [0.3, 0.4) is 0 Å². The minimum absolute atomic E-state index is 0.0579. The van der Waals surface area contributed by atoms with Crippen LogP contribution in [0.1, 0.15) is 26.3 Å². The van der Waals surface area contributed by atoms with E-state index in [-0.39, 0.29) is 17.7 Å². The Bertz CT molecular complexity index is 822. The molecular weight excluding hydrogens is 392 g/mol. The third-order valence-corrected chi connectivity index (χ3v) is 3.78. The summed E-state index contributed by atoms with van der Waals surface area (Å²) in [5, 5.41) is 9.06. The first-order valence-corrected chi connectivity index (χ1v) is 7.98. The van der Waals surface area contributed by atoms with Crippen molar-refractivity contribution in [2.24, 2.45) is 0 Å². The summed E-state index contributed by atoms with van der Waals surface area (Å²) in [6, 6.07) is 11.1. The van der Waals surface area contributed by atoms with Crippen molar-refractivity contribution in [1.29, 1.82) is 0 Å². The number of aryl methyl sites for hydroxylation is 1. The zero-order chi connectivity index (χ0) is 18.4. The van der Waals surface area contributed by atoms with Crippen LogP contribution in [0.5, 0.6) is 5.75 Å². The topological polar surface area (TPSA) is 105 Å². The van der Waals surface area contributed by atoms with Crippen molar-refractivity contribution in [3.05, 3.63) is 63.6 Å². The maximum atomic E-state index is 12.0. The second-order valence-electron chi connectivity index (χ2n) is 5.08. The first kappa shape index (κ1) is 18.5. The van der Waals surface area contributed by atoms with Crippen LogP contribution in [0.4, 0.5) is 0 Å². The van der Waals surface area contributed by atoms with Gasteiger partial charge in [0.15, 0.2) is 6.61 Å². The molecule has 0 saturated carbocycles. The predicted octanol–water partition coefficient (Wildman–Crippen LogP) is 2.30. The summed E-state index contributed by atoms with van der Waals surface area (Å²) < 4.78 is 6.06. The second kappa shape index (κ2) is 8.29. The Morgan fingerprint density at radius 2 is 1.76 bits per heavy atom. The van der Waals surface area contributed by atoms with Crippen molar-refractivity contribution in [3.8, 4) is 5.75 Å². The Kier molecular flexibility index (Phi) is 6.13. The van der Waals surface area contributed by atoms with Crippen LogP contribution in [0.15, 0.2) is 46.9 Å². The van der Waals surface area contributed by atoms with Gasteiger partial charge in [-0.2, -0.15) is 0 Å². The molecule has 0 bridgehead atoms. The Morgan fingerprint density at radius 3 is 2.40 bits per heavy atom. The van der Waals surface area contributed by atoms with Crippen molar-refractivity contribution >= 4 is 33.7 Å². The minimum Gasteiger partial charge on any atom is -0.483 e. The van der Waals surface area contributed by atoms with Gasteiger partial charge < -0.3 is 9.84 Å². The number of rotatable bonds is 5. The van der Waals surface area contributed by atoms with E-state index in [9.17, 15) is 14.4 Å². The number of carboxylic acids is 1. The highest BCUT2D eigenvalue weighted by Crippen LogP contribution is 2.25. The molecule has 0 radical (unpaired) electrons.